The molecule has 1 aromatic carbocycles. The number of rotatable bonds is 5. The zero-order chi connectivity index (χ0) is 14.6. The molecule has 112 valence electrons. The van der Waals surface area contributed by atoms with Crippen LogP contribution in [0.25, 0.3) is 0 Å². The van der Waals surface area contributed by atoms with Crippen LogP contribution in [-0.4, -0.2) is 30.5 Å². The van der Waals surface area contributed by atoms with Crippen molar-refractivity contribution < 1.29 is 9.84 Å². The Morgan fingerprint density at radius 3 is 2.20 bits per heavy atom. The second kappa shape index (κ2) is 6.70. The lowest BCUT2D eigenvalue weighted by atomic mass is 9.93. The fourth-order valence-corrected chi connectivity index (χ4v) is 2.56. The number of ether oxygens (including phenoxy) is 1. The first kappa shape index (κ1) is 15.5. The van der Waals surface area contributed by atoms with E-state index >= 15 is 0 Å². The maximum atomic E-state index is 10.4. The topological polar surface area (TPSA) is 41.5 Å². The zero-order valence-corrected chi connectivity index (χ0v) is 12.9. The molecular weight excluding hydrogens is 250 g/mol. The first-order valence-electron chi connectivity index (χ1n) is 7.63. The highest BCUT2D eigenvalue weighted by atomic mass is 16.5. The molecular formula is C17H27NO2. The van der Waals surface area contributed by atoms with Crippen LogP contribution in [0.15, 0.2) is 24.3 Å². The summed E-state index contributed by atoms with van der Waals surface area (Å²) in [4.78, 5) is 0. The first-order valence-corrected chi connectivity index (χ1v) is 7.63. The molecule has 1 fully saturated rings. The summed E-state index contributed by atoms with van der Waals surface area (Å²) >= 11 is 0. The van der Waals surface area contributed by atoms with Crippen LogP contribution in [-0.2, 0) is 4.74 Å². The van der Waals surface area contributed by atoms with Crippen molar-refractivity contribution in [3.05, 3.63) is 35.4 Å². The lowest BCUT2D eigenvalue weighted by Gasteiger charge is -2.33. The minimum absolute atomic E-state index is 0.253. The van der Waals surface area contributed by atoms with E-state index in [1.165, 1.54) is 11.1 Å². The van der Waals surface area contributed by atoms with E-state index in [2.05, 4.69) is 50.4 Å². The van der Waals surface area contributed by atoms with Gasteiger partial charge in [-0.15, -0.1) is 0 Å². The molecule has 2 rings (SSSR count). The predicted molar refractivity (Wildman–Crippen MR) is 82.0 cm³/mol. The Morgan fingerprint density at radius 1 is 1.10 bits per heavy atom. The zero-order valence-electron chi connectivity index (χ0n) is 12.9. The highest BCUT2D eigenvalue weighted by Gasteiger charge is 2.29. The van der Waals surface area contributed by atoms with Crippen LogP contribution in [0.3, 0.4) is 0 Å². The van der Waals surface area contributed by atoms with Crippen LogP contribution < -0.4 is 5.32 Å². The number of hydrogen-bond donors (Lipinski definition) is 2. The molecule has 1 saturated heterocycles. The molecule has 1 aliphatic rings. The van der Waals surface area contributed by atoms with E-state index in [1.54, 1.807) is 0 Å². The lowest BCUT2D eigenvalue weighted by Crippen LogP contribution is -2.45. The number of benzene rings is 1. The summed E-state index contributed by atoms with van der Waals surface area (Å²) in [7, 11) is 0. The summed E-state index contributed by atoms with van der Waals surface area (Å²) in [6.07, 6.45) is 1.44. The number of nitrogens with one attached hydrogen (secondary N) is 1. The van der Waals surface area contributed by atoms with Crippen LogP contribution in [0.4, 0.5) is 0 Å². The summed E-state index contributed by atoms with van der Waals surface area (Å²) in [5.41, 5.74) is 2.03. The minimum Gasteiger partial charge on any atom is -0.388 e. The second-order valence-corrected chi connectivity index (χ2v) is 6.26. The average molecular weight is 277 g/mol. The molecule has 1 atom stereocenters. The smallest absolute Gasteiger partial charge is 0.0815 e. The monoisotopic (exact) mass is 277 g/mol. The van der Waals surface area contributed by atoms with Gasteiger partial charge in [0, 0.05) is 38.6 Å². The van der Waals surface area contributed by atoms with E-state index in [9.17, 15) is 5.11 Å². The maximum Gasteiger partial charge on any atom is 0.0815 e. The Kier molecular flexibility index (Phi) is 5.19. The third-order valence-electron chi connectivity index (χ3n) is 4.26. The van der Waals surface area contributed by atoms with E-state index in [1.807, 2.05) is 0 Å². The van der Waals surface area contributed by atoms with Crippen molar-refractivity contribution in [1.82, 2.24) is 5.32 Å². The Balaban J connectivity index is 1.89. The van der Waals surface area contributed by atoms with Gasteiger partial charge in [0.15, 0.2) is 0 Å². The van der Waals surface area contributed by atoms with E-state index < -0.39 is 5.60 Å². The third kappa shape index (κ3) is 4.05. The van der Waals surface area contributed by atoms with Gasteiger partial charge in [-0.05, 0) is 24.0 Å². The van der Waals surface area contributed by atoms with Crippen molar-refractivity contribution in [3.63, 3.8) is 0 Å². The molecule has 0 radical (unpaired) electrons. The normalized spacial score (nSPS) is 20.1. The SMILES string of the molecule is CC(C)c1ccc(C(C)NCC2(O)CCOCC2)cc1. The standard InChI is InChI=1S/C17H27NO2/c1-13(2)15-4-6-16(7-5-15)14(3)18-12-17(19)8-10-20-11-9-17/h4-7,13-14,18-19H,8-12H2,1-3H3. The molecule has 0 bridgehead atoms. The Morgan fingerprint density at radius 2 is 1.65 bits per heavy atom. The maximum absolute atomic E-state index is 10.4. The van der Waals surface area contributed by atoms with Crippen molar-refractivity contribution >= 4 is 0 Å². The molecule has 0 aliphatic carbocycles. The van der Waals surface area contributed by atoms with Crippen LogP contribution in [0.2, 0.25) is 0 Å². The highest BCUT2D eigenvalue weighted by molar-refractivity contribution is 5.26. The Bertz CT molecular complexity index is 408. The second-order valence-electron chi connectivity index (χ2n) is 6.26. The van der Waals surface area contributed by atoms with Gasteiger partial charge in [-0.1, -0.05) is 38.1 Å². The number of aliphatic hydroxyl groups is 1. The quantitative estimate of drug-likeness (QED) is 0.869. The molecule has 3 heteroatoms. The van der Waals surface area contributed by atoms with Gasteiger partial charge in [-0.25, -0.2) is 0 Å². The van der Waals surface area contributed by atoms with E-state index in [0.29, 0.717) is 25.7 Å². The fraction of sp³-hybridized carbons (Fsp3) is 0.647. The van der Waals surface area contributed by atoms with Crippen molar-refractivity contribution in [1.29, 1.82) is 0 Å². The summed E-state index contributed by atoms with van der Waals surface area (Å²) in [5.74, 6) is 0.565. The molecule has 1 heterocycles. The molecule has 3 nitrogen and oxygen atoms in total. The van der Waals surface area contributed by atoms with Crippen LogP contribution in [0.1, 0.15) is 56.7 Å². The first-order chi connectivity index (χ1) is 9.50. The Hall–Kier alpha value is -0.900. The van der Waals surface area contributed by atoms with Gasteiger partial charge in [0.2, 0.25) is 0 Å². The predicted octanol–water partition coefficient (Wildman–Crippen LogP) is 3.00. The van der Waals surface area contributed by atoms with E-state index in [-0.39, 0.29) is 6.04 Å². The van der Waals surface area contributed by atoms with Gasteiger partial charge in [0.25, 0.3) is 0 Å². The molecule has 1 unspecified atom stereocenters. The molecule has 20 heavy (non-hydrogen) atoms. The lowest BCUT2D eigenvalue weighted by molar-refractivity contribution is -0.0626. The average Bonchev–Trinajstić information content (AvgIpc) is 2.46. The minimum atomic E-state index is -0.607. The van der Waals surface area contributed by atoms with Gasteiger partial charge in [-0.3, -0.25) is 0 Å². The van der Waals surface area contributed by atoms with Gasteiger partial charge < -0.3 is 15.2 Å². The van der Waals surface area contributed by atoms with Crippen LogP contribution in [0, 0.1) is 0 Å². The largest absolute Gasteiger partial charge is 0.388 e. The van der Waals surface area contributed by atoms with Gasteiger partial charge in [0.1, 0.15) is 0 Å². The third-order valence-corrected chi connectivity index (χ3v) is 4.26. The van der Waals surface area contributed by atoms with Gasteiger partial charge >= 0.3 is 0 Å². The van der Waals surface area contributed by atoms with Crippen molar-refractivity contribution in [2.75, 3.05) is 19.8 Å². The van der Waals surface area contributed by atoms with Gasteiger partial charge in [-0.2, -0.15) is 0 Å². The molecule has 0 aromatic heterocycles. The molecule has 1 aromatic rings. The molecule has 0 amide bonds. The number of hydrogen-bond acceptors (Lipinski definition) is 3. The van der Waals surface area contributed by atoms with Crippen LogP contribution >= 0.6 is 0 Å². The molecule has 0 saturated carbocycles. The fourth-order valence-electron chi connectivity index (χ4n) is 2.56. The van der Waals surface area contributed by atoms with Crippen LogP contribution in [0.5, 0.6) is 0 Å². The van der Waals surface area contributed by atoms with E-state index in [4.69, 9.17) is 4.74 Å². The highest BCUT2D eigenvalue weighted by Crippen LogP contribution is 2.22. The van der Waals surface area contributed by atoms with Crippen molar-refractivity contribution in [2.45, 2.75) is 51.2 Å². The molecule has 2 N–H and O–H groups in total. The summed E-state index contributed by atoms with van der Waals surface area (Å²) in [5, 5.41) is 13.9. The molecule has 0 spiro atoms. The van der Waals surface area contributed by atoms with Crippen molar-refractivity contribution in [2.24, 2.45) is 0 Å². The summed E-state index contributed by atoms with van der Waals surface area (Å²) < 4.78 is 5.30. The summed E-state index contributed by atoms with van der Waals surface area (Å²) in [6.45, 7) is 8.51. The van der Waals surface area contributed by atoms with Crippen molar-refractivity contribution in [3.8, 4) is 0 Å². The summed E-state index contributed by atoms with van der Waals surface area (Å²) in [6, 6.07) is 9.01. The Labute approximate surface area is 122 Å². The van der Waals surface area contributed by atoms with Gasteiger partial charge in [0.05, 0.1) is 5.60 Å². The molecule has 1 aliphatic heterocycles. The van der Waals surface area contributed by atoms with E-state index in [0.717, 1.165) is 12.8 Å².